The maximum Gasteiger partial charge on any atom is 0.472 e. The third-order valence-electron chi connectivity index (χ3n) is 21.0. The summed E-state index contributed by atoms with van der Waals surface area (Å²) in [6, 6.07) is 0. The Hall–Kier alpha value is -1.94. The average Bonchev–Trinajstić information content (AvgIpc) is 0.907. The number of carbonyl (C=O) groups is 4. The van der Waals surface area contributed by atoms with Crippen molar-refractivity contribution < 1.29 is 80.2 Å². The third kappa shape index (κ3) is 82.1. The van der Waals surface area contributed by atoms with E-state index in [0.29, 0.717) is 25.7 Å². The maximum absolute atomic E-state index is 13.2. The van der Waals surface area contributed by atoms with Crippen molar-refractivity contribution in [1.29, 1.82) is 0 Å². The van der Waals surface area contributed by atoms with Crippen LogP contribution in [0.2, 0.25) is 0 Å². The highest BCUT2D eigenvalue weighted by molar-refractivity contribution is 7.47. The Bertz CT molecular complexity index is 2060. The van der Waals surface area contributed by atoms with Crippen molar-refractivity contribution in [3.63, 3.8) is 0 Å². The molecule has 0 aliphatic heterocycles. The van der Waals surface area contributed by atoms with Gasteiger partial charge < -0.3 is 33.8 Å². The zero-order chi connectivity index (χ0) is 79.2. The Morgan fingerprint density at radius 3 is 0.630 bits per heavy atom. The summed E-state index contributed by atoms with van der Waals surface area (Å²) in [6.07, 6.45) is 73.6. The molecule has 19 heteroatoms. The molecule has 0 heterocycles. The number of phosphoric ester groups is 2. The normalized spacial score (nSPS) is 13.8. The van der Waals surface area contributed by atoms with E-state index in [-0.39, 0.29) is 25.7 Å². The molecule has 0 aliphatic carbocycles. The van der Waals surface area contributed by atoms with Crippen LogP contribution in [-0.4, -0.2) is 96.7 Å². The molecule has 0 aliphatic rings. The molecular weight excluding hydrogens is 1400 g/mol. The van der Waals surface area contributed by atoms with Gasteiger partial charge >= 0.3 is 39.5 Å². The number of phosphoric acid groups is 2. The molecule has 0 aromatic heterocycles. The van der Waals surface area contributed by atoms with Crippen molar-refractivity contribution in [2.45, 2.75) is 496 Å². The minimum atomic E-state index is -4.97. The number of hydrogen-bond donors (Lipinski definition) is 3. The highest BCUT2D eigenvalue weighted by Gasteiger charge is 2.31. The summed E-state index contributed by atoms with van der Waals surface area (Å²) in [5, 5.41) is 10.7. The van der Waals surface area contributed by atoms with E-state index in [1.807, 2.05) is 0 Å². The predicted octanol–water partition coefficient (Wildman–Crippen LogP) is 27.4. The SMILES string of the molecule is CCCCCCCCCCCCCCCCCCCCCC(=O)OC[C@H](COP(=O)(O)OC[C@@H](O)COP(=O)(O)OC[C@@H](COC(=O)CCCCCCCCCCCCCC)OC(=O)CCCCCCCCCCCCCCCC(C)C)OC(=O)CCCCCCCCCCCCCCCCCCCCC(C)C. The lowest BCUT2D eigenvalue weighted by atomic mass is 10.0. The molecule has 0 aromatic rings. The smallest absolute Gasteiger partial charge is 0.462 e. The predicted molar refractivity (Wildman–Crippen MR) is 446 cm³/mol. The first-order valence-corrected chi connectivity index (χ1v) is 49.0. The molecule has 2 unspecified atom stereocenters. The van der Waals surface area contributed by atoms with Crippen LogP contribution in [0.25, 0.3) is 0 Å². The summed E-state index contributed by atoms with van der Waals surface area (Å²) in [6.45, 7) is 9.75. The van der Waals surface area contributed by atoms with Crippen molar-refractivity contribution in [3.8, 4) is 0 Å². The lowest BCUT2D eigenvalue weighted by Crippen LogP contribution is -2.30. The standard InChI is InChI=1S/C89H174O17P2/c1-7-9-11-13-15-17-19-21-22-23-24-28-31-36-42-48-54-60-66-72-87(92)100-78-85(105-88(93)73-67-61-55-49-43-37-32-29-26-25-27-30-34-39-45-51-57-63-69-81(3)4)80-104-108(97,98)102-76-83(90)75-101-107(95,96)103-79-84(77-99-86(91)71-65-59-53-47-41-20-18-16-14-12-10-8-2)106-89(94)74-68-62-56-50-44-38-33-35-40-46-52-58-64-70-82(5)6/h81-85,90H,7-80H2,1-6H3,(H,95,96)(H,97,98)/t83-,84+,85+/m0/s1. The molecule has 0 saturated heterocycles. The molecule has 108 heavy (non-hydrogen) atoms. The molecule has 0 saturated carbocycles. The van der Waals surface area contributed by atoms with E-state index in [1.54, 1.807) is 0 Å². The number of esters is 4. The van der Waals surface area contributed by atoms with E-state index in [1.165, 1.54) is 295 Å². The second-order valence-electron chi connectivity index (χ2n) is 32.9. The van der Waals surface area contributed by atoms with Gasteiger partial charge in [0, 0.05) is 25.7 Å². The largest absolute Gasteiger partial charge is 0.472 e. The van der Waals surface area contributed by atoms with Gasteiger partial charge in [-0.05, 0) is 37.5 Å². The van der Waals surface area contributed by atoms with E-state index in [2.05, 4.69) is 41.5 Å². The van der Waals surface area contributed by atoms with Gasteiger partial charge in [-0.15, -0.1) is 0 Å². The van der Waals surface area contributed by atoms with Gasteiger partial charge in [-0.2, -0.15) is 0 Å². The number of rotatable bonds is 88. The van der Waals surface area contributed by atoms with Gasteiger partial charge in [0.2, 0.25) is 0 Å². The van der Waals surface area contributed by atoms with Crippen molar-refractivity contribution in [2.24, 2.45) is 11.8 Å². The minimum Gasteiger partial charge on any atom is -0.462 e. The maximum atomic E-state index is 13.2. The molecule has 5 atom stereocenters. The Labute approximate surface area is 664 Å². The molecule has 0 aromatic carbocycles. The van der Waals surface area contributed by atoms with Crippen molar-refractivity contribution in [3.05, 3.63) is 0 Å². The van der Waals surface area contributed by atoms with Crippen LogP contribution in [0.15, 0.2) is 0 Å². The van der Waals surface area contributed by atoms with E-state index < -0.39 is 97.5 Å². The fourth-order valence-electron chi connectivity index (χ4n) is 14.0. The second kappa shape index (κ2) is 80.3. The fourth-order valence-corrected chi connectivity index (χ4v) is 15.5. The fraction of sp³-hybridized carbons (Fsp3) is 0.955. The van der Waals surface area contributed by atoms with E-state index in [0.717, 1.165) is 102 Å². The molecule has 0 radical (unpaired) electrons. The summed E-state index contributed by atoms with van der Waals surface area (Å²) in [7, 11) is -9.93. The minimum absolute atomic E-state index is 0.108. The number of ether oxygens (including phenoxy) is 4. The average molecular weight is 1580 g/mol. The Balaban J connectivity index is 5.25. The highest BCUT2D eigenvalue weighted by Crippen LogP contribution is 2.45. The Kier molecular flexibility index (Phi) is 78.8. The molecule has 17 nitrogen and oxygen atoms in total. The van der Waals surface area contributed by atoms with Gasteiger partial charge in [0.05, 0.1) is 26.4 Å². The van der Waals surface area contributed by atoms with Crippen LogP contribution in [0, 0.1) is 11.8 Å². The van der Waals surface area contributed by atoms with E-state index in [9.17, 15) is 43.2 Å². The highest BCUT2D eigenvalue weighted by atomic mass is 31.2. The van der Waals surface area contributed by atoms with Crippen molar-refractivity contribution in [1.82, 2.24) is 0 Å². The topological polar surface area (TPSA) is 237 Å². The van der Waals surface area contributed by atoms with Crippen LogP contribution >= 0.6 is 15.6 Å². The summed E-state index contributed by atoms with van der Waals surface area (Å²) in [5.74, 6) is -0.490. The molecule has 0 amide bonds. The van der Waals surface area contributed by atoms with Gasteiger partial charge in [0.25, 0.3) is 0 Å². The zero-order valence-corrected chi connectivity index (χ0v) is 73.0. The van der Waals surface area contributed by atoms with Crippen LogP contribution in [-0.2, 0) is 65.4 Å². The van der Waals surface area contributed by atoms with Crippen LogP contribution in [0.1, 0.15) is 478 Å². The van der Waals surface area contributed by atoms with Crippen LogP contribution in [0.5, 0.6) is 0 Å². The molecular formula is C89H174O17P2. The Morgan fingerprint density at radius 2 is 0.426 bits per heavy atom. The van der Waals surface area contributed by atoms with Crippen LogP contribution < -0.4 is 0 Å². The number of carbonyl (C=O) groups excluding carboxylic acids is 4. The molecule has 0 rings (SSSR count). The first-order valence-electron chi connectivity index (χ1n) is 46.0. The van der Waals surface area contributed by atoms with Gasteiger partial charge in [-0.25, -0.2) is 9.13 Å². The van der Waals surface area contributed by atoms with E-state index >= 15 is 0 Å². The first kappa shape index (κ1) is 106. The summed E-state index contributed by atoms with van der Waals surface area (Å²) >= 11 is 0. The second-order valence-corrected chi connectivity index (χ2v) is 35.8. The van der Waals surface area contributed by atoms with Crippen molar-refractivity contribution >= 4 is 39.5 Å². The quantitative estimate of drug-likeness (QED) is 0.0222. The number of hydrogen-bond acceptors (Lipinski definition) is 15. The van der Waals surface area contributed by atoms with Gasteiger partial charge in [0.15, 0.2) is 12.2 Å². The monoisotopic (exact) mass is 1580 g/mol. The molecule has 0 bridgehead atoms. The first-order chi connectivity index (χ1) is 52.4. The lowest BCUT2D eigenvalue weighted by molar-refractivity contribution is -0.161. The molecule has 642 valence electrons. The molecule has 0 fully saturated rings. The van der Waals surface area contributed by atoms with Gasteiger partial charge in [-0.1, -0.05) is 427 Å². The summed E-state index contributed by atoms with van der Waals surface area (Å²) in [4.78, 5) is 73.4. The molecule has 0 spiro atoms. The van der Waals surface area contributed by atoms with E-state index in [4.69, 9.17) is 37.0 Å². The number of aliphatic hydroxyl groups is 1. The van der Waals surface area contributed by atoms with Crippen molar-refractivity contribution in [2.75, 3.05) is 39.6 Å². The van der Waals surface area contributed by atoms with Crippen LogP contribution in [0.4, 0.5) is 0 Å². The van der Waals surface area contributed by atoms with Gasteiger partial charge in [0.1, 0.15) is 19.3 Å². The number of aliphatic hydroxyl groups excluding tert-OH is 1. The Morgan fingerprint density at radius 1 is 0.250 bits per heavy atom. The van der Waals surface area contributed by atoms with Gasteiger partial charge in [-0.3, -0.25) is 37.3 Å². The van der Waals surface area contributed by atoms with Crippen LogP contribution in [0.3, 0.4) is 0 Å². The zero-order valence-electron chi connectivity index (χ0n) is 71.2. The summed E-state index contributed by atoms with van der Waals surface area (Å²) < 4.78 is 69.0. The lowest BCUT2D eigenvalue weighted by Gasteiger charge is -2.21. The third-order valence-corrected chi connectivity index (χ3v) is 22.9. The summed E-state index contributed by atoms with van der Waals surface area (Å²) in [5.41, 5.74) is 0. The molecule has 3 N–H and O–H groups in total. The number of unbranched alkanes of at least 4 members (excludes halogenated alkanes) is 58.